The third-order valence-corrected chi connectivity index (χ3v) is 3.96. The molecule has 0 aliphatic rings. The van der Waals surface area contributed by atoms with Crippen molar-refractivity contribution in [3.05, 3.63) is 42.2 Å². The molecule has 2 N–H and O–H groups in total. The highest BCUT2D eigenvalue weighted by Crippen LogP contribution is 2.23. The van der Waals surface area contributed by atoms with Gasteiger partial charge in [0.2, 0.25) is 0 Å². The fraction of sp³-hybridized carbons (Fsp3) is 0.500. The number of urea groups is 1. The summed E-state index contributed by atoms with van der Waals surface area (Å²) in [6.07, 6.45) is 3.27. The molecule has 0 saturated heterocycles. The Kier molecular flexibility index (Phi) is 5.59. The van der Waals surface area contributed by atoms with Crippen molar-refractivity contribution in [2.75, 3.05) is 5.32 Å². The number of rotatable bonds is 5. The van der Waals surface area contributed by atoms with Crippen LogP contribution in [0.5, 0.6) is 0 Å². The van der Waals surface area contributed by atoms with Crippen molar-refractivity contribution in [2.45, 2.75) is 52.6 Å². The first-order valence-electron chi connectivity index (χ1n) is 8.28. The molecule has 1 unspecified atom stereocenters. The van der Waals surface area contributed by atoms with Crippen LogP contribution in [-0.2, 0) is 12.0 Å². The maximum atomic E-state index is 12.3. The molecule has 1 aromatic heterocycles. The number of aromatic nitrogens is 3. The van der Waals surface area contributed by atoms with Crippen LogP contribution in [0.1, 0.15) is 40.2 Å². The van der Waals surface area contributed by atoms with Crippen molar-refractivity contribution in [1.82, 2.24) is 20.3 Å². The van der Waals surface area contributed by atoms with E-state index in [1.54, 1.807) is 17.2 Å². The fourth-order valence-corrected chi connectivity index (χ4v) is 2.33. The summed E-state index contributed by atoms with van der Waals surface area (Å²) in [5.74, 6) is 0.269. The van der Waals surface area contributed by atoms with E-state index in [4.69, 9.17) is 0 Å². The summed E-state index contributed by atoms with van der Waals surface area (Å²) in [5.41, 5.74) is 2.11. The van der Waals surface area contributed by atoms with E-state index in [0.29, 0.717) is 6.54 Å². The Morgan fingerprint density at radius 3 is 2.21 bits per heavy atom. The third kappa shape index (κ3) is 5.08. The summed E-state index contributed by atoms with van der Waals surface area (Å²) in [4.78, 5) is 13.9. The molecule has 1 atom stereocenters. The monoisotopic (exact) mass is 329 g/mol. The first-order chi connectivity index (χ1) is 11.3. The third-order valence-electron chi connectivity index (χ3n) is 3.96. The fourth-order valence-electron chi connectivity index (χ4n) is 2.33. The number of hydrogen-bond acceptors (Lipinski definition) is 3. The van der Waals surface area contributed by atoms with Crippen LogP contribution in [0.15, 0.2) is 36.7 Å². The highest BCUT2D eigenvalue weighted by atomic mass is 16.2. The Bertz CT molecular complexity index is 641. The van der Waals surface area contributed by atoms with Gasteiger partial charge in [0.15, 0.2) is 0 Å². The van der Waals surface area contributed by atoms with E-state index in [-0.39, 0.29) is 23.4 Å². The smallest absolute Gasteiger partial charge is 0.319 e. The maximum absolute atomic E-state index is 12.3. The molecule has 130 valence electrons. The van der Waals surface area contributed by atoms with Gasteiger partial charge in [-0.3, -0.25) is 0 Å². The van der Waals surface area contributed by atoms with Crippen LogP contribution in [0.3, 0.4) is 0 Å². The SMILES string of the molecule is CC(C)C(Cn1nccn1)NC(=O)Nc1ccc(C(C)(C)C)cc1. The molecule has 0 spiro atoms. The Balaban J connectivity index is 1.95. The highest BCUT2D eigenvalue weighted by molar-refractivity contribution is 5.89. The van der Waals surface area contributed by atoms with Gasteiger partial charge in [0.05, 0.1) is 25.0 Å². The van der Waals surface area contributed by atoms with Crippen molar-refractivity contribution in [3.8, 4) is 0 Å². The molecular formula is C18H27N5O. The van der Waals surface area contributed by atoms with Gasteiger partial charge in [0.1, 0.15) is 0 Å². The Labute approximate surface area is 143 Å². The van der Waals surface area contributed by atoms with E-state index in [1.807, 2.05) is 24.3 Å². The lowest BCUT2D eigenvalue weighted by Crippen LogP contribution is -2.44. The first kappa shape index (κ1) is 18.0. The van der Waals surface area contributed by atoms with Gasteiger partial charge in [-0.1, -0.05) is 46.8 Å². The second-order valence-electron chi connectivity index (χ2n) is 7.36. The van der Waals surface area contributed by atoms with E-state index >= 15 is 0 Å². The molecule has 0 saturated carbocycles. The molecule has 2 rings (SSSR count). The Morgan fingerprint density at radius 2 is 1.71 bits per heavy atom. The molecule has 1 heterocycles. The van der Waals surface area contributed by atoms with Crippen LogP contribution >= 0.6 is 0 Å². The average molecular weight is 329 g/mol. The number of nitrogens with one attached hydrogen (secondary N) is 2. The lowest BCUT2D eigenvalue weighted by Gasteiger charge is -2.22. The van der Waals surface area contributed by atoms with Gasteiger partial charge in [-0.15, -0.1) is 0 Å². The van der Waals surface area contributed by atoms with E-state index in [9.17, 15) is 4.79 Å². The zero-order chi connectivity index (χ0) is 17.7. The van der Waals surface area contributed by atoms with E-state index in [0.717, 1.165) is 5.69 Å². The number of carbonyl (C=O) groups excluding carboxylic acids is 1. The molecule has 0 aliphatic carbocycles. The molecule has 6 heteroatoms. The van der Waals surface area contributed by atoms with Gasteiger partial charge in [-0.05, 0) is 29.0 Å². The molecule has 6 nitrogen and oxygen atoms in total. The number of amides is 2. The van der Waals surface area contributed by atoms with E-state index in [1.165, 1.54) is 5.56 Å². The Hall–Kier alpha value is -2.37. The topological polar surface area (TPSA) is 71.8 Å². The number of hydrogen-bond donors (Lipinski definition) is 2. The molecule has 2 amide bonds. The molecule has 0 radical (unpaired) electrons. The van der Waals surface area contributed by atoms with Crippen LogP contribution in [0.4, 0.5) is 10.5 Å². The summed E-state index contributed by atoms with van der Waals surface area (Å²) in [5, 5.41) is 14.1. The largest absolute Gasteiger partial charge is 0.333 e. The summed E-state index contributed by atoms with van der Waals surface area (Å²) in [7, 11) is 0. The second-order valence-corrected chi connectivity index (χ2v) is 7.36. The maximum Gasteiger partial charge on any atom is 0.319 e. The van der Waals surface area contributed by atoms with Gasteiger partial charge in [0.25, 0.3) is 0 Å². The normalized spacial score (nSPS) is 12.9. The van der Waals surface area contributed by atoms with E-state index in [2.05, 4.69) is 55.4 Å². The van der Waals surface area contributed by atoms with Crippen LogP contribution < -0.4 is 10.6 Å². The van der Waals surface area contributed by atoms with E-state index < -0.39 is 0 Å². The zero-order valence-electron chi connectivity index (χ0n) is 15.1. The molecule has 0 bridgehead atoms. The van der Waals surface area contributed by atoms with Gasteiger partial charge in [-0.2, -0.15) is 15.0 Å². The van der Waals surface area contributed by atoms with Crippen molar-refractivity contribution >= 4 is 11.7 Å². The second kappa shape index (κ2) is 7.47. The average Bonchev–Trinajstić information content (AvgIpc) is 2.99. The Morgan fingerprint density at radius 1 is 1.12 bits per heavy atom. The van der Waals surface area contributed by atoms with Crippen molar-refractivity contribution < 1.29 is 4.79 Å². The van der Waals surface area contributed by atoms with Gasteiger partial charge in [-0.25, -0.2) is 4.79 Å². The minimum Gasteiger partial charge on any atom is -0.333 e. The molecule has 0 fully saturated rings. The molecular weight excluding hydrogens is 302 g/mol. The van der Waals surface area contributed by atoms with Crippen LogP contribution in [0.25, 0.3) is 0 Å². The van der Waals surface area contributed by atoms with Crippen LogP contribution in [0, 0.1) is 5.92 Å². The first-order valence-corrected chi connectivity index (χ1v) is 8.28. The van der Waals surface area contributed by atoms with Gasteiger partial charge < -0.3 is 10.6 Å². The quantitative estimate of drug-likeness (QED) is 0.883. The standard InChI is InChI=1S/C18H27N5O/c1-13(2)16(12-23-19-10-11-20-23)22-17(24)21-15-8-6-14(7-9-15)18(3,4)5/h6-11,13,16H,12H2,1-5H3,(H2,21,22,24). The summed E-state index contributed by atoms with van der Waals surface area (Å²) >= 11 is 0. The van der Waals surface area contributed by atoms with Crippen molar-refractivity contribution in [3.63, 3.8) is 0 Å². The number of anilines is 1. The minimum absolute atomic E-state index is 0.0498. The summed E-state index contributed by atoms with van der Waals surface area (Å²) in [6, 6.07) is 7.68. The zero-order valence-corrected chi connectivity index (χ0v) is 15.1. The predicted molar refractivity (Wildman–Crippen MR) is 95.9 cm³/mol. The highest BCUT2D eigenvalue weighted by Gasteiger charge is 2.18. The van der Waals surface area contributed by atoms with Crippen molar-refractivity contribution in [2.24, 2.45) is 5.92 Å². The number of benzene rings is 1. The van der Waals surface area contributed by atoms with Gasteiger partial charge >= 0.3 is 6.03 Å². The predicted octanol–water partition coefficient (Wildman–Crippen LogP) is 3.42. The molecule has 1 aromatic carbocycles. The molecule has 0 aliphatic heterocycles. The lowest BCUT2D eigenvalue weighted by atomic mass is 9.87. The van der Waals surface area contributed by atoms with Crippen molar-refractivity contribution in [1.29, 1.82) is 0 Å². The lowest BCUT2D eigenvalue weighted by molar-refractivity contribution is 0.239. The number of nitrogens with zero attached hydrogens (tertiary/aromatic N) is 3. The molecule has 24 heavy (non-hydrogen) atoms. The minimum atomic E-state index is -0.218. The van der Waals surface area contributed by atoms with Gasteiger partial charge in [0, 0.05) is 5.69 Å². The van der Waals surface area contributed by atoms with Crippen LogP contribution in [-0.4, -0.2) is 27.1 Å². The number of carbonyl (C=O) groups is 1. The summed E-state index contributed by atoms with van der Waals surface area (Å²) < 4.78 is 0. The van der Waals surface area contributed by atoms with Crippen LogP contribution in [0.2, 0.25) is 0 Å². The summed E-state index contributed by atoms with van der Waals surface area (Å²) in [6.45, 7) is 11.2. The molecule has 2 aromatic rings.